The summed E-state index contributed by atoms with van der Waals surface area (Å²) in [5.41, 5.74) is 2.63. The third-order valence-electron chi connectivity index (χ3n) is 4.07. The molecule has 0 saturated heterocycles. The van der Waals surface area contributed by atoms with Gasteiger partial charge in [0.05, 0.1) is 20.8 Å². The van der Waals surface area contributed by atoms with E-state index in [1.807, 2.05) is 36.9 Å². The molecular weight excluding hydrogens is 294 g/mol. The Bertz CT molecular complexity index is 713. The zero-order chi connectivity index (χ0) is 16.6. The fourth-order valence-corrected chi connectivity index (χ4v) is 3.11. The smallest absolute Gasteiger partial charge is 0.132 e. The van der Waals surface area contributed by atoms with Crippen LogP contribution in [-0.4, -0.2) is 35.8 Å². The molecule has 0 aliphatic carbocycles. The van der Waals surface area contributed by atoms with Crippen molar-refractivity contribution in [2.75, 3.05) is 25.7 Å². The topological polar surface area (TPSA) is 67.7 Å². The van der Waals surface area contributed by atoms with Crippen LogP contribution >= 0.6 is 0 Å². The Kier molecular flexibility index (Phi) is 4.09. The van der Waals surface area contributed by atoms with Gasteiger partial charge in [0.1, 0.15) is 29.2 Å². The molecule has 0 bridgehead atoms. The van der Waals surface area contributed by atoms with Crippen molar-refractivity contribution in [3.63, 3.8) is 0 Å². The van der Waals surface area contributed by atoms with Crippen molar-refractivity contribution >= 4 is 5.82 Å². The molecule has 23 heavy (non-hydrogen) atoms. The number of nitrogens with zero attached hydrogens (tertiary/aromatic N) is 3. The number of hydrogen-bond acceptors (Lipinski definition) is 6. The molecule has 1 aromatic heterocycles. The first-order valence-electron chi connectivity index (χ1n) is 7.52. The summed E-state index contributed by atoms with van der Waals surface area (Å²) in [4.78, 5) is 10.8. The lowest BCUT2D eigenvalue weighted by Gasteiger charge is -2.34. The van der Waals surface area contributed by atoms with Gasteiger partial charge < -0.3 is 19.5 Å². The van der Waals surface area contributed by atoms with Crippen LogP contribution in [0.2, 0.25) is 0 Å². The lowest BCUT2D eigenvalue weighted by atomic mass is 9.95. The number of methoxy groups -OCH3 is 2. The van der Waals surface area contributed by atoms with E-state index in [2.05, 4.69) is 9.97 Å². The predicted octanol–water partition coefficient (Wildman–Crippen LogP) is 2.16. The Morgan fingerprint density at radius 1 is 1.13 bits per heavy atom. The second-order valence-corrected chi connectivity index (χ2v) is 5.67. The van der Waals surface area contributed by atoms with Crippen molar-refractivity contribution < 1.29 is 14.6 Å². The molecule has 6 nitrogen and oxygen atoms in total. The summed E-state index contributed by atoms with van der Waals surface area (Å²) < 4.78 is 10.9. The van der Waals surface area contributed by atoms with Crippen LogP contribution in [0.3, 0.4) is 0 Å². The van der Waals surface area contributed by atoms with Crippen molar-refractivity contribution in [2.45, 2.75) is 26.5 Å². The van der Waals surface area contributed by atoms with E-state index in [0.717, 1.165) is 34.2 Å². The molecule has 2 heterocycles. The second kappa shape index (κ2) is 6.04. The Labute approximate surface area is 135 Å². The highest BCUT2D eigenvalue weighted by molar-refractivity contribution is 5.55. The molecule has 3 rings (SSSR count). The average molecular weight is 315 g/mol. The Balaban J connectivity index is 2.06. The summed E-state index contributed by atoms with van der Waals surface area (Å²) in [6.07, 6.45) is -0.667. The van der Waals surface area contributed by atoms with Crippen LogP contribution < -0.4 is 14.4 Å². The monoisotopic (exact) mass is 315 g/mol. The molecule has 0 saturated carbocycles. The first-order valence-corrected chi connectivity index (χ1v) is 7.52. The van der Waals surface area contributed by atoms with E-state index in [-0.39, 0.29) is 0 Å². The SMILES string of the molecule is COc1ccc(OC)c2c1CN(c1cc(C)nc(C)n1)C[C@H]2O. The van der Waals surface area contributed by atoms with Crippen LogP contribution in [0.4, 0.5) is 5.82 Å². The minimum atomic E-state index is -0.667. The van der Waals surface area contributed by atoms with Crippen LogP contribution in [0, 0.1) is 13.8 Å². The lowest BCUT2D eigenvalue weighted by molar-refractivity contribution is 0.169. The highest BCUT2D eigenvalue weighted by atomic mass is 16.5. The molecular formula is C17H21N3O3. The Morgan fingerprint density at radius 3 is 2.48 bits per heavy atom. The number of aliphatic hydroxyl groups excluding tert-OH is 1. The summed E-state index contributed by atoms with van der Waals surface area (Å²) in [6.45, 7) is 4.86. The summed E-state index contributed by atoms with van der Waals surface area (Å²) in [6, 6.07) is 5.62. The maximum atomic E-state index is 10.6. The van der Waals surface area contributed by atoms with E-state index >= 15 is 0 Å². The van der Waals surface area contributed by atoms with Crippen LogP contribution in [-0.2, 0) is 6.54 Å². The second-order valence-electron chi connectivity index (χ2n) is 5.67. The summed E-state index contributed by atoms with van der Waals surface area (Å²) in [5, 5.41) is 10.6. The van der Waals surface area contributed by atoms with Crippen LogP contribution in [0.15, 0.2) is 18.2 Å². The first-order chi connectivity index (χ1) is 11.0. The number of benzene rings is 1. The van der Waals surface area contributed by atoms with Gasteiger partial charge in [-0.05, 0) is 26.0 Å². The van der Waals surface area contributed by atoms with Gasteiger partial charge in [-0.1, -0.05) is 0 Å². The van der Waals surface area contributed by atoms with Crippen molar-refractivity contribution in [3.05, 3.63) is 40.8 Å². The number of aliphatic hydroxyl groups is 1. The molecule has 1 atom stereocenters. The average Bonchev–Trinajstić information content (AvgIpc) is 2.52. The van der Waals surface area contributed by atoms with Gasteiger partial charge in [-0.25, -0.2) is 9.97 Å². The van der Waals surface area contributed by atoms with Gasteiger partial charge >= 0.3 is 0 Å². The molecule has 0 fully saturated rings. The fraction of sp³-hybridized carbons (Fsp3) is 0.412. The van der Waals surface area contributed by atoms with Gasteiger partial charge in [0.25, 0.3) is 0 Å². The van der Waals surface area contributed by atoms with E-state index in [4.69, 9.17) is 9.47 Å². The van der Waals surface area contributed by atoms with Crippen LogP contribution in [0.1, 0.15) is 28.7 Å². The minimum Gasteiger partial charge on any atom is -0.496 e. The maximum Gasteiger partial charge on any atom is 0.132 e. The number of rotatable bonds is 3. The molecule has 1 aliphatic rings. The van der Waals surface area contributed by atoms with E-state index in [9.17, 15) is 5.11 Å². The number of aryl methyl sites for hydroxylation is 2. The van der Waals surface area contributed by atoms with E-state index < -0.39 is 6.10 Å². The number of ether oxygens (including phenoxy) is 2. The molecule has 6 heteroatoms. The molecule has 2 aromatic rings. The Hall–Kier alpha value is -2.34. The summed E-state index contributed by atoms with van der Waals surface area (Å²) >= 11 is 0. The molecule has 122 valence electrons. The fourth-order valence-electron chi connectivity index (χ4n) is 3.11. The highest BCUT2D eigenvalue weighted by Crippen LogP contribution is 2.40. The lowest BCUT2D eigenvalue weighted by Crippen LogP contribution is -2.35. The number of hydrogen-bond donors (Lipinski definition) is 1. The van der Waals surface area contributed by atoms with Gasteiger partial charge in [-0.2, -0.15) is 0 Å². The van der Waals surface area contributed by atoms with E-state index in [1.165, 1.54) is 0 Å². The summed E-state index contributed by atoms with van der Waals surface area (Å²) in [5.74, 6) is 2.96. The number of aromatic nitrogens is 2. The normalized spacial score (nSPS) is 16.9. The van der Waals surface area contributed by atoms with E-state index in [1.54, 1.807) is 14.2 Å². The molecule has 1 aliphatic heterocycles. The van der Waals surface area contributed by atoms with Gasteiger partial charge in [0.15, 0.2) is 0 Å². The van der Waals surface area contributed by atoms with Gasteiger partial charge in [-0.15, -0.1) is 0 Å². The highest BCUT2D eigenvalue weighted by Gasteiger charge is 2.30. The predicted molar refractivity (Wildman–Crippen MR) is 87.1 cm³/mol. The number of β-amino-alcohol motifs (C(OH)–C–C–N with tert-alkyl or cyclic N) is 1. The molecule has 0 amide bonds. The third-order valence-corrected chi connectivity index (χ3v) is 4.07. The van der Waals surface area contributed by atoms with E-state index in [0.29, 0.717) is 18.8 Å². The quantitative estimate of drug-likeness (QED) is 0.936. The molecule has 0 radical (unpaired) electrons. The van der Waals surface area contributed by atoms with Gasteiger partial charge in [0.2, 0.25) is 0 Å². The first kappa shape index (κ1) is 15.6. The standard InChI is InChI=1S/C17H21N3O3/c1-10-7-16(19-11(2)18-10)20-8-12-14(22-3)5-6-15(23-4)17(12)13(21)9-20/h5-7,13,21H,8-9H2,1-4H3/t13-/m1/s1. The largest absolute Gasteiger partial charge is 0.496 e. The van der Waals surface area contributed by atoms with Crippen molar-refractivity contribution in [1.82, 2.24) is 9.97 Å². The third kappa shape index (κ3) is 2.82. The maximum absolute atomic E-state index is 10.6. The number of fused-ring (bicyclic) bond motifs is 1. The van der Waals surface area contributed by atoms with Crippen LogP contribution in [0.25, 0.3) is 0 Å². The summed E-state index contributed by atoms with van der Waals surface area (Å²) in [7, 11) is 3.24. The van der Waals surface area contributed by atoms with Crippen LogP contribution in [0.5, 0.6) is 11.5 Å². The molecule has 0 unspecified atom stereocenters. The number of anilines is 1. The molecule has 0 spiro atoms. The zero-order valence-corrected chi connectivity index (χ0v) is 13.8. The molecule has 1 aromatic carbocycles. The van der Waals surface area contributed by atoms with Crippen molar-refractivity contribution in [3.8, 4) is 11.5 Å². The van der Waals surface area contributed by atoms with Crippen molar-refractivity contribution in [1.29, 1.82) is 0 Å². The molecule has 1 N–H and O–H groups in total. The minimum absolute atomic E-state index is 0.451. The van der Waals surface area contributed by atoms with Crippen molar-refractivity contribution in [2.24, 2.45) is 0 Å². The zero-order valence-electron chi connectivity index (χ0n) is 13.8. The van der Waals surface area contributed by atoms with Gasteiger partial charge in [-0.3, -0.25) is 0 Å². The Morgan fingerprint density at radius 2 is 1.83 bits per heavy atom. The van der Waals surface area contributed by atoms with Gasteiger partial charge in [0, 0.05) is 29.4 Å².